The molecular formula is C14H14N2O4S. The van der Waals surface area contributed by atoms with E-state index in [0.29, 0.717) is 11.3 Å². The van der Waals surface area contributed by atoms with Crippen LogP contribution in [0.1, 0.15) is 5.56 Å². The number of benzene rings is 2. The summed E-state index contributed by atoms with van der Waals surface area (Å²) in [6.07, 6.45) is 1.12. The first kappa shape index (κ1) is 15.0. The maximum Gasteiger partial charge on any atom is 0.274 e. The van der Waals surface area contributed by atoms with Crippen LogP contribution in [0.25, 0.3) is 0 Å². The fraction of sp³-hybridized carbons (Fsp3) is 0.143. The average molecular weight is 306 g/mol. The monoisotopic (exact) mass is 306 g/mol. The van der Waals surface area contributed by atoms with Gasteiger partial charge in [-0.25, -0.2) is 8.42 Å². The second kappa shape index (κ2) is 5.92. The third kappa shape index (κ3) is 3.57. The largest absolute Gasteiger partial charge is 0.380 e. The maximum atomic E-state index is 11.7. The molecule has 0 unspecified atom stereocenters. The number of hydrogen-bond acceptors (Lipinski definition) is 5. The van der Waals surface area contributed by atoms with Crippen molar-refractivity contribution in [3.8, 4) is 0 Å². The molecule has 110 valence electrons. The summed E-state index contributed by atoms with van der Waals surface area (Å²) >= 11 is 0. The van der Waals surface area contributed by atoms with Crippen molar-refractivity contribution >= 4 is 21.2 Å². The van der Waals surface area contributed by atoms with Gasteiger partial charge in [0.15, 0.2) is 9.84 Å². The second-order valence-electron chi connectivity index (χ2n) is 4.51. The highest BCUT2D eigenvalue weighted by Gasteiger charge is 2.15. The molecule has 2 aromatic carbocycles. The van der Waals surface area contributed by atoms with Crippen LogP contribution >= 0.6 is 0 Å². The Morgan fingerprint density at radius 1 is 1.10 bits per heavy atom. The van der Waals surface area contributed by atoms with E-state index in [1.54, 1.807) is 36.4 Å². The van der Waals surface area contributed by atoms with Crippen molar-refractivity contribution in [1.29, 1.82) is 0 Å². The molecule has 0 heterocycles. The van der Waals surface area contributed by atoms with Crippen molar-refractivity contribution in [3.05, 3.63) is 64.2 Å². The SMILES string of the molecule is CS(=O)(=O)c1ccccc1NCc1ccccc1[N+](=O)[O-]. The smallest absolute Gasteiger partial charge is 0.274 e. The number of nitrogens with zero attached hydrogens (tertiary/aromatic N) is 1. The van der Waals surface area contributed by atoms with Gasteiger partial charge in [0.2, 0.25) is 0 Å². The summed E-state index contributed by atoms with van der Waals surface area (Å²) in [4.78, 5) is 10.7. The predicted molar refractivity (Wildman–Crippen MR) is 80.0 cm³/mol. The molecule has 0 saturated heterocycles. The molecule has 0 aromatic heterocycles. The molecule has 2 rings (SSSR count). The van der Waals surface area contributed by atoms with Crippen LogP contribution in [0, 0.1) is 10.1 Å². The molecule has 0 radical (unpaired) electrons. The van der Waals surface area contributed by atoms with E-state index in [2.05, 4.69) is 5.32 Å². The number of nitro benzene ring substituents is 1. The molecule has 0 spiro atoms. The minimum absolute atomic E-state index is 0.00170. The summed E-state index contributed by atoms with van der Waals surface area (Å²) in [5.41, 5.74) is 0.922. The zero-order valence-electron chi connectivity index (χ0n) is 11.3. The molecule has 0 aliphatic heterocycles. The Balaban J connectivity index is 2.28. The molecule has 0 atom stereocenters. The van der Waals surface area contributed by atoms with Crippen LogP contribution in [0.2, 0.25) is 0 Å². The summed E-state index contributed by atoms with van der Waals surface area (Å²) in [5, 5.41) is 13.9. The average Bonchev–Trinajstić information content (AvgIpc) is 2.44. The molecule has 7 heteroatoms. The maximum absolute atomic E-state index is 11.7. The summed E-state index contributed by atoms with van der Waals surface area (Å²) < 4.78 is 23.4. The van der Waals surface area contributed by atoms with E-state index in [9.17, 15) is 18.5 Å². The number of nitrogens with one attached hydrogen (secondary N) is 1. The lowest BCUT2D eigenvalue weighted by molar-refractivity contribution is -0.385. The van der Waals surface area contributed by atoms with E-state index in [1.807, 2.05) is 0 Å². The van der Waals surface area contributed by atoms with Crippen LogP contribution in [-0.4, -0.2) is 19.6 Å². The predicted octanol–water partition coefficient (Wildman–Crippen LogP) is 2.61. The lowest BCUT2D eigenvalue weighted by Crippen LogP contribution is -2.07. The van der Waals surface area contributed by atoms with Crippen molar-refractivity contribution < 1.29 is 13.3 Å². The van der Waals surface area contributed by atoms with Crippen molar-refractivity contribution in [2.24, 2.45) is 0 Å². The summed E-state index contributed by atoms with van der Waals surface area (Å²) in [6.45, 7) is 0.170. The molecule has 0 aliphatic carbocycles. The Kier molecular flexibility index (Phi) is 4.23. The third-order valence-electron chi connectivity index (χ3n) is 2.94. The van der Waals surface area contributed by atoms with Crippen LogP contribution in [0.5, 0.6) is 0 Å². The summed E-state index contributed by atoms with van der Waals surface area (Å²) in [7, 11) is -3.36. The van der Waals surface area contributed by atoms with Crippen LogP contribution < -0.4 is 5.32 Å². The quantitative estimate of drug-likeness (QED) is 0.677. The van der Waals surface area contributed by atoms with E-state index in [4.69, 9.17) is 0 Å². The lowest BCUT2D eigenvalue weighted by Gasteiger charge is -2.10. The van der Waals surface area contributed by atoms with Crippen molar-refractivity contribution in [2.75, 3.05) is 11.6 Å². The molecular weight excluding hydrogens is 292 g/mol. The minimum Gasteiger partial charge on any atom is -0.380 e. The first-order valence-corrected chi connectivity index (χ1v) is 8.04. The van der Waals surface area contributed by atoms with Crippen molar-refractivity contribution in [3.63, 3.8) is 0 Å². The summed E-state index contributed by atoms with van der Waals surface area (Å²) in [6, 6.07) is 12.8. The Morgan fingerprint density at radius 3 is 2.38 bits per heavy atom. The van der Waals surface area contributed by atoms with Gasteiger partial charge in [-0.05, 0) is 12.1 Å². The minimum atomic E-state index is -3.36. The fourth-order valence-corrected chi connectivity index (χ4v) is 2.83. The van der Waals surface area contributed by atoms with Gasteiger partial charge in [0.05, 0.1) is 15.5 Å². The first-order valence-electron chi connectivity index (χ1n) is 6.15. The lowest BCUT2D eigenvalue weighted by atomic mass is 10.2. The first-order chi connectivity index (χ1) is 9.89. The molecule has 0 amide bonds. The second-order valence-corrected chi connectivity index (χ2v) is 6.49. The Morgan fingerprint density at radius 2 is 1.71 bits per heavy atom. The number of hydrogen-bond donors (Lipinski definition) is 1. The van der Waals surface area contributed by atoms with E-state index in [1.165, 1.54) is 12.1 Å². The van der Waals surface area contributed by atoms with Gasteiger partial charge in [-0.15, -0.1) is 0 Å². The van der Waals surface area contributed by atoms with Crippen LogP contribution in [0.4, 0.5) is 11.4 Å². The molecule has 2 aromatic rings. The number of nitro groups is 1. The Bertz CT molecular complexity index is 772. The van der Waals surface area contributed by atoms with Gasteiger partial charge >= 0.3 is 0 Å². The van der Waals surface area contributed by atoms with Gasteiger partial charge in [-0.2, -0.15) is 0 Å². The molecule has 0 saturated carbocycles. The Hall–Kier alpha value is -2.41. The van der Waals surface area contributed by atoms with E-state index >= 15 is 0 Å². The van der Waals surface area contributed by atoms with Gasteiger partial charge in [-0.3, -0.25) is 10.1 Å². The zero-order valence-corrected chi connectivity index (χ0v) is 12.1. The zero-order chi connectivity index (χ0) is 15.5. The van der Waals surface area contributed by atoms with Crippen molar-refractivity contribution in [2.45, 2.75) is 11.4 Å². The Labute approximate surface area is 122 Å². The number of anilines is 1. The molecule has 6 nitrogen and oxygen atoms in total. The fourth-order valence-electron chi connectivity index (χ4n) is 1.96. The van der Waals surface area contributed by atoms with E-state index in [0.717, 1.165) is 6.26 Å². The molecule has 0 bridgehead atoms. The topological polar surface area (TPSA) is 89.3 Å². The van der Waals surface area contributed by atoms with Gasteiger partial charge < -0.3 is 5.32 Å². The molecule has 0 aliphatic rings. The standard InChI is InChI=1S/C14H14N2O4S/c1-21(19,20)14-9-5-3-7-12(14)15-10-11-6-2-4-8-13(11)16(17)18/h2-9,15H,10H2,1H3. The van der Waals surface area contributed by atoms with Gasteiger partial charge in [0, 0.05) is 24.4 Å². The molecule has 0 fully saturated rings. The van der Waals surface area contributed by atoms with Gasteiger partial charge in [-0.1, -0.05) is 30.3 Å². The molecule has 21 heavy (non-hydrogen) atoms. The van der Waals surface area contributed by atoms with Gasteiger partial charge in [0.25, 0.3) is 5.69 Å². The van der Waals surface area contributed by atoms with Crippen LogP contribution in [-0.2, 0) is 16.4 Å². The third-order valence-corrected chi connectivity index (χ3v) is 4.10. The number of sulfone groups is 1. The van der Waals surface area contributed by atoms with Crippen LogP contribution in [0.3, 0.4) is 0 Å². The number of para-hydroxylation sites is 2. The highest BCUT2D eigenvalue weighted by atomic mass is 32.2. The van der Waals surface area contributed by atoms with E-state index in [-0.39, 0.29) is 17.1 Å². The van der Waals surface area contributed by atoms with E-state index < -0.39 is 14.8 Å². The van der Waals surface area contributed by atoms with Crippen molar-refractivity contribution in [1.82, 2.24) is 0 Å². The normalized spacial score (nSPS) is 11.1. The summed E-state index contributed by atoms with van der Waals surface area (Å²) in [5.74, 6) is 0. The number of rotatable bonds is 5. The van der Waals surface area contributed by atoms with Gasteiger partial charge in [0.1, 0.15) is 0 Å². The van der Waals surface area contributed by atoms with Crippen LogP contribution in [0.15, 0.2) is 53.4 Å². The molecule has 1 N–H and O–H groups in total. The highest BCUT2D eigenvalue weighted by Crippen LogP contribution is 2.23. The highest BCUT2D eigenvalue weighted by molar-refractivity contribution is 7.90.